The first-order valence-corrected chi connectivity index (χ1v) is 5.90. The lowest BCUT2D eigenvalue weighted by molar-refractivity contribution is 0.817. The van der Waals surface area contributed by atoms with Crippen LogP contribution in [0.25, 0.3) is 10.9 Å². The summed E-state index contributed by atoms with van der Waals surface area (Å²) in [6.07, 6.45) is 3.07. The van der Waals surface area contributed by atoms with Gasteiger partial charge in [0, 0.05) is 0 Å². The Morgan fingerprint density at radius 2 is 1.74 bits per heavy atom. The minimum Gasteiger partial charge on any atom is -0.267 e. The molecule has 0 atom stereocenters. The molecule has 0 aliphatic rings. The SMILES string of the molecule is O=c1c2ccccc2ncn1N=Cc1ccccc1. The summed E-state index contributed by atoms with van der Waals surface area (Å²) in [6, 6.07) is 16.8. The summed E-state index contributed by atoms with van der Waals surface area (Å²) in [4.78, 5) is 16.4. The molecule has 3 rings (SSSR count). The molecule has 4 heteroatoms. The first-order valence-electron chi connectivity index (χ1n) is 5.90. The average Bonchev–Trinajstić information content (AvgIpc) is 2.48. The zero-order valence-corrected chi connectivity index (χ0v) is 10.1. The zero-order valence-electron chi connectivity index (χ0n) is 10.1. The molecule has 1 aromatic heterocycles. The molecule has 0 aliphatic heterocycles. The number of benzene rings is 2. The van der Waals surface area contributed by atoms with Gasteiger partial charge in [0.25, 0.3) is 5.56 Å². The van der Waals surface area contributed by atoms with Crippen molar-refractivity contribution in [3.05, 3.63) is 76.8 Å². The van der Waals surface area contributed by atoms with E-state index in [9.17, 15) is 4.79 Å². The number of rotatable bonds is 2. The average molecular weight is 249 g/mol. The molecule has 4 nitrogen and oxygen atoms in total. The van der Waals surface area contributed by atoms with Gasteiger partial charge < -0.3 is 0 Å². The Kier molecular flexibility index (Phi) is 2.90. The summed E-state index contributed by atoms with van der Waals surface area (Å²) in [5.74, 6) is 0. The van der Waals surface area contributed by atoms with E-state index in [1.807, 2.05) is 48.5 Å². The van der Waals surface area contributed by atoms with Crippen molar-refractivity contribution in [3.8, 4) is 0 Å². The summed E-state index contributed by atoms with van der Waals surface area (Å²) in [6.45, 7) is 0. The van der Waals surface area contributed by atoms with Crippen molar-refractivity contribution in [2.45, 2.75) is 0 Å². The maximum Gasteiger partial charge on any atom is 0.281 e. The van der Waals surface area contributed by atoms with Gasteiger partial charge in [-0.3, -0.25) is 4.79 Å². The molecule has 0 bridgehead atoms. The maximum atomic E-state index is 12.2. The molecule has 92 valence electrons. The normalized spacial score (nSPS) is 11.2. The second-order valence-corrected chi connectivity index (χ2v) is 4.07. The number of fused-ring (bicyclic) bond motifs is 1. The van der Waals surface area contributed by atoms with Crippen molar-refractivity contribution in [1.29, 1.82) is 0 Å². The first kappa shape index (κ1) is 11.3. The summed E-state index contributed by atoms with van der Waals surface area (Å²) >= 11 is 0. The fourth-order valence-electron chi connectivity index (χ4n) is 1.81. The molecule has 0 saturated carbocycles. The Morgan fingerprint density at radius 3 is 2.58 bits per heavy atom. The van der Waals surface area contributed by atoms with E-state index in [4.69, 9.17) is 0 Å². The van der Waals surface area contributed by atoms with Crippen molar-refractivity contribution >= 4 is 17.1 Å². The van der Waals surface area contributed by atoms with Gasteiger partial charge in [0.1, 0.15) is 6.33 Å². The van der Waals surface area contributed by atoms with Gasteiger partial charge in [-0.25, -0.2) is 4.98 Å². The molecule has 2 aromatic carbocycles. The number of nitrogens with zero attached hydrogens (tertiary/aromatic N) is 3. The van der Waals surface area contributed by atoms with Gasteiger partial charge in [0.05, 0.1) is 17.1 Å². The number of para-hydroxylation sites is 1. The van der Waals surface area contributed by atoms with Crippen LogP contribution in [-0.2, 0) is 0 Å². The van der Waals surface area contributed by atoms with Crippen LogP contribution in [-0.4, -0.2) is 15.9 Å². The lowest BCUT2D eigenvalue weighted by atomic mass is 10.2. The molecule has 0 unspecified atom stereocenters. The van der Waals surface area contributed by atoms with Crippen LogP contribution < -0.4 is 5.56 Å². The molecule has 0 amide bonds. The Morgan fingerprint density at radius 1 is 1.00 bits per heavy atom. The fourth-order valence-corrected chi connectivity index (χ4v) is 1.81. The second-order valence-electron chi connectivity index (χ2n) is 4.07. The monoisotopic (exact) mass is 249 g/mol. The highest BCUT2D eigenvalue weighted by atomic mass is 16.1. The van der Waals surface area contributed by atoms with E-state index in [0.717, 1.165) is 5.56 Å². The second kappa shape index (κ2) is 4.86. The van der Waals surface area contributed by atoms with E-state index >= 15 is 0 Å². The number of aromatic nitrogens is 2. The molecule has 0 spiro atoms. The predicted molar refractivity (Wildman–Crippen MR) is 75.4 cm³/mol. The van der Waals surface area contributed by atoms with Gasteiger partial charge in [-0.2, -0.15) is 9.78 Å². The summed E-state index contributed by atoms with van der Waals surface area (Å²) in [5, 5.41) is 4.71. The smallest absolute Gasteiger partial charge is 0.267 e. The van der Waals surface area contributed by atoms with E-state index in [0.29, 0.717) is 10.9 Å². The fraction of sp³-hybridized carbons (Fsp3) is 0. The van der Waals surface area contributed by atoms with Crippen LogP contribution >= 0.6 is 0 Å². The molecule has 0 aliphatic carbocycles. The highest BCUT2D eigenvalue weighted by Gasteiger charge is 2.01. The molecule has 0 fully saturated rings. The third-order valence-corrected chi connectivity index (χ3v) is 2.78. The number of hydrogen-bond donors (Lipinski definition) is 0. The van der Waals surface area contributed by atoms with Crippen LogP contribution in [0.4, 0.5) is 0 Å². The van der Waals surface area contributed by atoms with Crippen molar-refractivity contribution in [2.75, 3.05) is 0 Å². The molecule has 1 heterocycles. The van der Waals surface area contributed by atoms with E-state index < -0.39 is 0 Å². The predicted octanol–water partition coefficient (Wildman–Crippen LogP) is 2.28. The van der Waals surface area contributed by atoms with Crippen LogP contribution in [0.2, 0.25) is 0 Å². The van der Waals surface area contributed by atoms with Crippen LogP contribution in [0, 0.1) is 0 Å². The van der Waals surface area contributed by atoms with Gasteiger partial charge in [-0.1, -0.05) is 42.5 Å². The van der Waals surface area contributed by atoms with E-state index in [2.05, 4.69) is 10.1 Å². The Balaban J connectivity index is 2.05. The largest absolute Gasteiger partial charge is 0.281 e. The van der Waals surface area contributed by atoms with Gasteiger partial charge >= 0.3 is 0 Å². The van der Waals surface area contributed by atoms with Crippen LogP contribution in [0.15, 0.2) is 70.8 Å². The van der Waals surface area contributed by atoms with Crippen LogP contribution in [0.3, 0.4) is 0 Å². The highest BCUT2D eigenvalue weighted by molar-refractivity contribution is 5.80. The van der Waals surface area contributed by atoms with Crippen molar-refractivity contribution < 1.29 is 0 Å². The van der Waals surface area contributed by atoms with Gasteiger partial charge in [-0.05, 0) is 17.7 Å². The quantitative estimate of drug-likeness (QED) is 0.654. The minimum absolute atomic E-state index is 0.169. The highest BCUT2D eigenvalue weighted by Crippen LogP contribution is 2.04. The topological polar surface area (TPSA) is 47.2 Å². The molecule has 19 heavy (non-hydrogen) atoms. The first-order chi connectivity index (χ1) is 9.34. The Bertz CT molecular complexity index is 791. The van der Waals surface area contributed by atoms with Gasteiger partial charge in [0.15, 0.2) is 0 Å². The van der Waals surface area contributed by atoms with Crippen molar-refractivity contribution in [3.63, 3.8) is 0 Å². The third-order valence-electron chi connectivity index (χ3n) is 2.78. The number of hydrogen-bond acceptors (Lipinski definition) is 3. The molecular weight excluding hydrogens is 238 g/mol. The third kappa shape index (κ3) is 2.28. The minimum atomic E-state index is -0.169. The zero-order chi connectivity index (χ0) is 13.1. The summed E-state index contributed by atoms with van der Waals surface area (Å²) in [7, 11) is 0. The van der Waals surface area contributed by atoms with Crippen molar-refractivity contribution in [1.82, 2.24) is 9.66 Å². The van der Waals surface area contributed by atoms with Crippen LogP contribution in [0.5, 0.6) is 0 Å². The summed E-state index contributed by atoms with van der Waals surface area (Å²) < 4.78 is 1.25. The van der Waals surface area contributed by atoms with E-state index in [-0.39, 0.29) is 5.56 Å². The molecule has 0 radical (unpaired) electrons. The Labute approximate surface area is 109 Å². The van der Waals surface area contributed by atoms with Crippen LogP contribution in [0.1, 0.15) is 5.56 Å². The molecule has 3 aromatic rings. The molecule has 0 N–H and O–H groups in total. The van der Waals surface area contributed by atoms with Gasteiger partial charge in [-0.15, -0.1) is 0 Å². The standard InChI is InChI=1S/C15H11N3O/c19-15-13-8-4-5-9-14(13)16-11-18(15)17-10-12-6-2-1-3-7-12/h1-11H. The Hall–Kier alpha value is -2.75. The van der Waals surface area contributed by atoms with E-state index in [1.54, 1.807) is 12.3 Å². The van der Waals surface area contributed by atoms with E-state index in [1.165, 1.54) is 11.0 Å². The summed E-state index contributed by atoms with van der Waals surface area (Å²) in [5.41, 5.74) is 1.44. The maximum absolute atomic E-state index is 12.2. The van der Waals surface area contributed by atoms with Gasteiger partial charge in [0.2, 0.25) is 0 Å². The molecular formula is C15H11N3O. The molecule has 0 saturated heterocycles. The lowest BCUT2D eigenvalue weighted by Gasteiger charge is -2.00. The lowest BCUT2D eigenvalue weighted by Crippen LogP contribution is -2.16. The van der Waals surface area contributed by atoms with Crippen molar-refractivity contribution in [2.24, 2.45) is 5.10 Å².